The molecular formula is C17H17N3O3. The van der Waals surface area contributed by atoms with E-state index in [-0.39, 0.29) is 43.5 Å². The van der Waals surface area contributed by atoms with Crippen LogP contribution in [0, 0.1) is 0 Å². The molecule has 1 aliphatic rings. The Kier molecular flexibility index (Phi) is 4.23. The number of carbonyl (C=O) groups excluding carboxylic acids is 3. The second kappa shape index (κ2) is 6.48. The zero-order valence-corrected chi connectivity index (χ0v) is 12.6. The van der Waals surface area contributed by atoms with E-state index in [1.165, 1.54) is 0 Å². The van der Waals surface area contributed by atoms with E-state index in [2.05, 4.69) is 5.32 Å². The molecule has 118 valence electrons. The zero-order valence-electron chi connectivity index (χ0n) is 12.6. The molecule has 0 radical (unpaired) electrons. The van der Waals surface area contributed by atoms with Crippen molar-refractivity contribution in [2.45, 2.75) is 19.3 Å². The van der Waals surface area contributed by atoms with Crippen LogP contribution in [0.15, 0.2) is 48.8 Å². The van der Waals surface area contributed by atoms with Gasteiger partial charge in [-0.3, -0.25) is 19.3 Å². The van der Waals surface area contributed by atoms with Gasteiger partial charge in [-0.05, 0) is 30.3 Å². The van der Waals surface area contributed by atoms with Crippen LogP contribution in [0.2, 0.25) is 0 Å². The molecule has 6 heteroatoms. The molecule has 1 aliphatic heterocycles. The molecule has 1 fully saturated rings. The number of anilines is 1. The Bertz CT molecular complexity index is 721. The zero-order chi connectivity index (χ0) is 16.2. The minimum Gasteiger partial charge on any atom is -0.326 e. The molecule has 2 heterocycles. The normalized spacial score (nSPS) is 14.3. The van der Waals surface area contributed by atoms with Crippen LogP contribution in [0.4, 0.5) is 5.69 Å². The van der Waals surface area contributed by atoms with Crippen molar-refractivity contribution in [3.8, 4) is 5.69 Å². The molecule has 3 amide bonds. The third-order valence-electron chi connectivity index (χ3n) is 3.75. The van der Waals surface area contributed by atoms with Crippen molar-refractivity contribution in [1.82, 2.24) is 9.47 Å². The first-order chi connectivity index (χ1) is 11.1. The molecule has 0 unspecified atom stereocenters. The van der Waals surface area contributed by atoms with Crippen molar-refractivity contribution in [1.29, 1.82) is 0 Å². The first kappa shape index (κ1) is 15.0. The maximum absolute atomic E-state index is 12.0. The van der Waals surface area contributed by atoms with Crippen molar-refractivity contribution >= 4 is 23.4 Å². The molecule has 1 aromatic carbocycles. The highest BCUT2D eigenvalue weighted by atomic mass is 16.2. The fraction of sp³-hybridized carbons (Fsp3) is 0.235. The SMILES string of the molecule is O=C(CCN1C(=O)CCC1=O)Nc1cccc(-n2cccc2)c1. The van der Waals surface area contributed by atoms with Gasteiger partial charge in [-0.2, -0.15) is 0 Å². The van der Waals surface area contributed by atoms with Gasteiger partial charge in [-0.1, -0.05) is 6.07 Å². The van der Waals surface area contributed by atoms with Crippen LogP contribution in [0.3, 0.4) is 0 Å². The summed E-state index contributed by atoms with van der Waals surface area (Å²) < 4.78 is 1.94. The summed E-state index contributed by atoms with van der Waals surface area (Å²) >= 11 is 0. The molecule has 23 heavy (non-hydrogen) atoms. The molecule has 1 aromatic heterocycles. The molecule has 3 rings (SSSR count). The predicted octanol–water partition coefficient (Wildman–Crippen LogP) is 1.95. The molecule has 0 spiro atoms. The number of rotatable bonds is 5. The number of benzene rings is 1. The summed E-state index contributed by atoms with van der Waals surface area (Å²) in [6, 6.07) is 11.3. The Morgan fingerprint density at radius 2 is 1.74 bits per heavy atom. The van der Waals surface area contributed by atoms with E-state index in [9.17, 15) is 14.4 Å². The first-order valence-corrected chi connectivity index (χ1v) is 7.50. The molecular weight excluding hydrogens is 294 g/mol. The lowest BCUT2D eigenvalue weighted by molar-refractivity contribution is -0.138. The van der Waals surface area contributed by atoms with E-state index in [0.717, 1.165) is 10.6 Å². The molecule has 0 bridgehead atoms. The molecule has 6 nitrogen and oxygen atoms in total. The van der Waals surface area contributed by atoms with Crippen molar-refractivity contribution < 1.29 is 14.4 Å². The number of hydrogen-bond donors (Lipinski definition) is 1. The number of nitrogens with zero attached hydrogens (tertiary/aromatic N) is 2. The highest BCUT2D eigenvalue weighted by Gasteiger charge is 2.28. The summed E-state index contributed by atoms with van der Waals surface area (Å²) in [5, 5.41) is 2.80. The van der Waals surface area contributed by atoms with Crippen LogP contribution in [0.25, 0.3) is 5.69 Å². The maximum atomic E-state index is 12.0. The van der Waals surface area contributed by atoms with Gasteiger partial charge >= 0.3 is 0 Å². The lowest BCUT2D eigenvalue weighted by Gasteiger charge is -2.13. The smallest absolute Gasteiger partial charge is 0.229 e. The highest BCUT2D eigenvalue weighted by molar-refractivity contribution is 6.02. The van der Waals surface area contributed by atoms with Crippen molar-refractivity contribution in [2.24, 2.45) is 0 Å². The Hall–Kier alpha value is -2.89. The second-order valence-electron chi connectivity index (χ2n) is 5.38. The fourth-order valence-corrected chi connectivity index (χ4v) is 2.56. The number of likely N-dealkylation sites (tertiary alicyclic amines) is 1. The van der Waals surface area contributed by atoms with Gasteiger partial charge in [0, 0.05) is 49.6 Å². The molecule has 0 atom stereocenters. The van der Waals surface area contributed by atoms with Gasteiger partial charge in [0.25, 0.3) is 0 Å². The first-order valence-electron chi connectivity index (χ1n) is 7.50. The Morgan fingerprint density at radius 1 is 1.04 bits per heavy atom. The van der Waals surface area contributed by atoms with Gasteiger partial charge in [0.15, 0.2) is 0 Å². The number of amides is 3. The Labute approximate surface area is 133 Å². The summed E-state index contributed by atoms with van der Waals surface area (Å²) in [5.41, 5.74) is 1.62. The summed E-state index contributed by atoms with van der Waals surface area (Å²) in [5.74, 6) is -0.614. The van der Waals surface area contributed by atoms with Gasteiger partial charge in [0.2, 0.25) is 17.7 Å². The van der Waals surface area contributed by atoms with Gasteiger partial charge < -0.3 is 9.88 Å². The van der Waals surface area contributed by atoms with E-state index in [4.69, 9.17) is 0 Å². The number of hydrogen-bond acceptors (Lipinski definition) is 3. The van der Waals surface area contributed by atoms with E-state index < -0.39 is 0 Å². The number of aromatic nitrogens is 1. The monoisotopic (exact) mass is 311 g/mol. The average molecular weight is 311 g/mol. The molecule has 0 aliphatic carbocycles. The van der Waals surface area contributed by atoms with Crippen molar-refractivity contribution in [3.63, 3.8) is 0 Å². The minimum atomic E-state index is -0.220. The summed E-state index contributed by atoms with van der Waals surface area (Å²) in [6.07, 6.45) is 4.45. The minimum absolute atomic E-state index is 0.102. The standard InChI is InChI=1S/C17H17N3O3/c21-15(8-11-20-16(22)6-7-17(20)23)18-13-4-3-5-14(12-13)19-9-1-2-10-19/h1-5,9-10,12H,6-8,11H2,(H,18,21). The van der Waals surface area contributed by atoms with E-state index in [1.807, 2.05) is 47.3 Å². The van der Waals surface area contributed by atoms with Gasteiger partial charge in [-0.25, -0.2) is 0 Å². The molecule has 1 saturated heterocycles. The van der Waals surface area contributed by atoms with E-state index in [0.29, 0.717) is 5.69 Å². The van der Waals surface area contributed by atoms with Crippen LogP contribution in [0.1, 0.15) is 19.3 Å². The van der Waals surface area contributed by atoms with E-state index in [1.54, 1.807) is 6.07 Å². The maximum Gasteiger partial charge on any atom is 0.229 e. The molecule has 1 N–H and O–H groups in total. The van der Waals surface area contributed by atoms with Crippen molar-refractivity contribution in [3.05, 3.63) is 48.8 Å². The second-order valence-corrected chi connectivity index (χ2v) is 5.38. The van der Waals surface area contributed by atoms with Crippen LogP contribution >= 0.6 is 0 Å². The largest absolute Gasteiger partial charge is 0.326 e. The number of carbonyl (C=O) groups is 3. The van der Waals surface area contributed by atoms with Crippen LogP contribution < -0.4 is 5.32 Å². The highest BCUT2D eigenvalue weighted by Crippen LogP contribution is 2.16. The van der Waals surface area contributed by atoms with Gasteiger partial charge in [0.1, 0.15) is 0 Å². The lowest BCUT2D eigenvalue weighted by Crippen LogP contribution is -2.32. The lowest BCUT2D eigenvalue weighted by atomic mass is 10.2. The average Bonchev–Trinajstić information content (AvgIpc) is 3.17. The van der Waals surface area contributed by atoms with Gasteiger partial charge in [0.05, 0.1) is 0 Å². The van der Waals surface area contributed by atoms with Crippen LogP contribution in [-0.2, 0) is 14.4 Å². The van der Waals surface area contributed by atoms with Gasteiger partial charge in [-0.15, -0.1) is 0 Å². The quantitative estimate of drug-likeness (QED) is 0.858. The predicted molar refractivity (Wildman–Crippen MR) is 85.0 cm³/mol. The van der Waals surface area contributed by atoms with Crippen molar-refractivity contribution in [2.75, 3.05) is 11.9 Å². The molecule has 2 aromatic rings. The van der Waals surface area contributed by atoms with Crippen LogP contribution in [-0.4, -0.2) is 33.7 Å². The van der Waals surface area contributed by atoms with E-state index >= 15 is 0 Å². The summed E-state index contributed by atoms with van der Waals surface area (Å²) in [4.78, 5) is 36.2. The number of imide groups is 1. The Morgan fingerprint density at radius 3 is 2.43 bits per heavy atom. The molecule has 0 saturated carbocycles. The fourth-order valence-electron chi connectivity index (χ4n) is 2.56. The summed E-state index contributed by atoms with van der Waals surface area (Å²) in [6.45, 7) is 0.140. The third kappa shape index (κ3) is 3.48. The third-order valence-corrected chi connectivity index (χ3v) is 3.75. The summed E-state index contributed by atoms with van der Waals surface area (Å²) in [7, 11) is 0. The van der Waals surface area contributed by atoms with Crippen LogP contribution in [0.5, 0.6) is 0 Å². The Balaban J connectivity index is 1.59. The topological polar surface area (TPSA) is 71.4 Å². The number of nitrogens with one attached hydrogen (secondary N) is 1.